The number of carbonyl (C=O) groups excluding carboxylic acids is 2. The van der Waals surface area contributed by atoms with E-state index in [9.17, 15) is 9.59 Å². The average molecular weight is 320 g/mol. The molecule has 1 rings (SSSR count). The molecule has 0 aliphatic carbocycles. The summed E-state index contributed by atoms with van der Waals surface area (Å²) in [7, 11) is 1.63. The van der Waals surface area contributed by atoms with Gasteiger partial charge in [0.25, 0.3) is 0 Å². The third kappa shape index (κ3) is 6.40. The van der Waals surface area contributed by atoms with Crippen LogP contribution in [0, 0.1) is 0 Å². The Balaban J connectivity index is 2.71. The molecule has 0 heterocycles. The van der Waals surface area contributed by atoms with E-state index in [1.165, 1.54) is 17.4 Å². The first-order valence-electron chi connectivity index (χ1n) is 7.90. The van der Waals surface area contributed by atoms with Crippen LogP contribution < -0.4 is 10.2 Å². The van der Waals surface area contributed by atoms with Crippen LogP contribution in [0.5, 0.6) is 0 Å². The molecular formula is C18H28N2O3. The van der Waals surface area contributed by atoms with E-state index in [1.54, 1.807) is 7.11 Å². The number of anilines is 1. The average Bonchev–Trinajstić information content (AvgIpc) is 2.48. The van der Waals surface area contributed by atoms with E-state index in [0.29, 0.717) is 13.2 Å². The Hall–Kier alpha value is -1.88. The van der Waals surface area contributed by atoms with Crippen LogP contribution in [0.4, 0.5) is 5.69 Å². The summed E-state index contributed by atoms with van der Waals surface area (Å²) >= 11 is 0. The molecule has 1 aromatic carbocycles. The topological polar surface area (TPSA) is 58.6 Å². The summed E-state index contributed by atoms with van der Waals surface area (Å²) in [5, 5.41) is 2.80. The maximum absolute atomic E-state index is 12.0. The van der Waals surface area contributed by atoms with E-state index in [1.807, 2.05) is 24.3 Å². The van der Waals surface area contributed by atoms with Crippen molar-refractivity contribution in [1.29, 1.82) is 0 Å². The molecule has 128 valence electrons. The molecule has 0 spiro atoms. The fourth-order valence-corrected chi connectivity index (χ4v) is 2.17. The minimum Gasteiger partial charge on any atom is -0.385 e. The largest absolute Gasteiger partial charge is 0.385 e. The third-order valence-electron chi connectivity index (χ3n) is 3.57. The first kappa shape index (κ1) is 19.2. The lowest BCUT2D eigenvalue weighted by Gasteiger charge is -2.23. The van der Waals surface area contributed by atoms with E-state index in [0.717, 1.165) is 12.1 Å². The Kier molecular flexibility index (Phi) is 7.23. The standard InChI is InChI=1S/C18H28N2O3/c1-14(21)20(13-17(22)19-11-6-12-23-5)16-9-7-15(8-10-16)18(2,3)4/h7-10H,6,11-13H2,1-5H3,(H,19,22). The summed E-state index contributed by atoms with van der Waals surface area (Å²) in [6.45, 7) is 9.05. The molecule has 23 heavy (non-hydrogen) atoms. The molecule has 0 aromatic heterocycles. The number of amides is 2. The molecule has 1 aromatic rings. The van der Waals surface area contributed by atoms with Crippen LogP contribution in [0.1, 0.15) is 39.7 Å². The number of hydrogen-bond acceptors (Lipinski definition) is 3. The van der Waals surface area contributed by atoms with Gasteiger partial charge in [0, 0.05) is 32.9 Å². The van der Waals surface area contributed by atoms with E-state index in [-0.39, 0.29) is 23.8 Å². The van der Waals surface area contributed by atoms with Gasteiger partial charge in [-0.05, 0) is 29.5 Å². The van der Waals surface area contributed by atoms with Gasteiger partial charge in [-0.1, -0.05) is 32.9 Å². The molecule has 0 unspecified atom stereocenters. The summed E-state index contributed by atoms with van der Waals surface area (Å²) < 4.78 is 4.94. The number of carbonyl (C=O) groups is 2. The molecule has 0 aliphatic rings. The van der Waals surface area contributed by atoms with Crippen LogP contribution in [0.15, 0.2) is 24.3 Å². The molecule has 0 atom stereocenters. The SMILES string of the molecule is COCCCNC(=O)CN(C(C)=O)c1ccc(C(C)(C)C)cc1. The smallest absolute Gasteiger partial charge is 0.240 e. The zero-order valence-electron chi connectivity index (χ0n) is 14.8. The highest BCUT2D eigenvalue weighted by atomic mass is 16.5. The van der Waals surface area contributed by atoms with Gasteiger partial charge in [-0.25, -0.2) is 0 Å². The summed E-state index contributed by atoms with van der Waals surface area (Å²) in [6, 6.07) is 7.78. The van der Waals surface area contributed by atoms with Crippen molar-refractivity contribution in [2.75, 3.05) is 31.7 Å². The molecule has 2 amide bonds. The normalized spacial score (nSPS) is 11.2. The van der Waals surface area contributed by atoms with Gasteiger partial charge in [0.2, 0.25) is 11.8 Å². The maximum atomic E-state index is 12.0. The van der Waals surface area contributed by atoms with Crippen molar-refractivity contribution >= 4 is 17.5 Å². The number of benzene rings is 1. The molecular weight excluding hydrogens is 292 g/mol. The zero-order chi connectivity index (χ0) is 17.5. The minimum atomic E-state index is -0.170. The molecule has 0 aliphatic heterocycles. The van der Waals surface area contributed by atoms with Gasteiger partial charge >= 0.3 is 0 Å². The molecule has 0 saturated heterocycles. The van der Waals surface area contributed by atoms with E-state index in [2.05, 4.69) is 26.1 Å². The summed E-state index contributed by atoms with van der Waals surface area (Å²) in [4.78, 5) is 25.3. The van der Waals surface area contributed by atoms with Crippen LogP contribution in [0.3, 0.4) is 0 Å². The zero-order valence-corrected chi connectivity index (χ0v) is 14.8. The Bertz CT molecular complexity index is 518. The molecule has 5 heteroatoms. The molecule has 0 radical (unpaired) electrons. The van der Waals surface area contributed by atoms with Crippen LogP contribution in [-0.2, 0) is 19.7 Å². The molecule has 0 fully saturated rings. The van der Waals surface area contributed by atoms with Gasteiger partial charge in [-0.15, -0.1) is 0 Å². The maximum Gasteiger partial charge on any atom is 0.240 e. The van der Waals surface area contributed by atoms with Gasteiger partial charge in [0.05, 0.1) is 0 Å². The van der Waals surface area contributed by atoms with Crippen LogP contribution in [0.2, 0.25) is 0 Å². The first-order chi connectivity index (χ1) is 10.8. The predicted molar refractivity (Wildman–Crippen MR) is 92.7 cm³/mol. The van der Waals surface area contributed by atoms with E-state index >= 15 is 0 Å². The van der Waals surface area contributed by atoms with Crippen LogP contribution >= 0.6 is 0 Å². The monoisotopic (exact) mass is 320 g/mol. The highest BCUT2D eigenvalue weighted by Gasteiger charge is 2.17. The highest BCUT2D eigenvalue weighted by molar-refractivity contribution is 5.97. The number of ether oxygens (including phenoxy) is 1. The van der Waals surface area contributed by atoms with Crippen LogP contribution in [0.25, 0.3) is 0 Å². The summed E-state index contributed by atoms with van der Waals surface area (Å²) in [6.07, 6.45) is 0.753. The number of nitrogens with zero attached hydrogens (tertiary/aromatic N) is 1. The second-order valence-electron chi connectivity index (χ2n) is 6.60. The van der Waals surface area contributed by atoms with Gasteiger partial charge < -0.3 is 15.0 Å². The van der Waals surface area contributed by atoms with Gasteiger partial charge in [0.1, 0.15) is 6.54 Å². The van der Waals surface area contributed by atoms with Crippen molar-refractivity contribution in [1.82, 2.24) is 5.32 Å². The van der Waals surface area contributed by atoms with Crippen molar-refractivity contribution in [3.8, 4) is 0 Å². The van der Waals surface area contributed by atoms with Gasteiger partial charge in [-0.3, -0.25) is 9.59 Å². The molecule has 5 nitrogen and oxygen atoms in total. The Morgan fingerprint density at radius 1 is 1.17 bits per heavy atom. The van der Waals surface area contributed by atoms with Gasteiger partial charge in [0.15, 0.2) is 0 Å². The van der Waals surface area contributed by atoms with Crippen LogP contribution in [-0.4, -0.2) is 38.6 Å². The predicted octanol–water partition coefficient (Wildman–Crippen LogP) is 2.49. The van der Waals surface area contributed by atoms with Crippen molar-refractivity contribution in [3.05, 3.63) is 29.8 Å². The lowest BCUT2D eigenvalue weighted by atomic mass is 9.87. The fourth-order valence-electron chi connectivity index (χ4n) is 2.17. The van der Waals surface area contributed by atoms with Crippen molar-refractivity contribution in [2.45, 2.75) is 39.5 Å². The lowest BCUT2D eigenvalue weighted by Crippen LogP contribution is -2.40. The lowest BCUT2D eigenvalue weighted by molar-refractivity contribution is -0.123. The summed E-state index contributed by atoms with van der Waals surface area (Å²) in [5.74, 6) is -0.322. The second-order valence-corrected chi connectivity index (χ2v) is 6.60. The Morgan fingerprint density at radius 3 is 2.26 bits per heavy atom. The Labute approximate surface area is 139 Å². The Morgan fingerprint density at radius 2 is 1.78 bits per heavy atom. The number of hydrogen-bond donors (Lipinski definition) is 1. The summed E-state index contributed by atoms with van der Waals surface area (Å²) in [5.41, 5.74) is 1.98. The van der Waals surface area contributed by atoms with E-state index in [4.69, 9.17) is 4.74 Å². The van der Waals surface area contributed by atoms with Crippen molar-refractivity contribution in [3.63, 3.8) is 0 Å². The second kappa shape index (κ2) is 8.67. The molecule has 0 saturated carbocycles. The number of methoxy groups -OCH3 is 1. The minimum absolute atomic E-state index is 0.0250. The van der Waals surface area contributed by atoms with Gasteiger partial charge in [-0.2, -0.15) is 0 Å². The van der Waals surface area contributed by atoms with Crippen molar-refractivity contribution in [2.24, 2.45) is 0 Å². The fraction of sp³-hybridized carbons (Fsp3) is 0.556. The number of rotatable bonds is 7. The third-order valence-corrected chi connectivity index (χ3v) is 3.57. The van der Waals surface area contributed by atoms with E-state index < -0.39 is 0 Å². The van der Waals surface area contributed by atoms with Crippen molar-refractivity contribution < 1.29 is 14.3 Å². The molecule has 1 N–H and O–H groups in total. The quantitative estimate of drug-likeness (QED) is 0.785. The first-order valence-corrected chi connectivity index (χ1v) is 7.90. The highest BCUT2D eigenvalue weighted by Crippen LogP contribution is 2.24. The molecule has 0 bridgehead atoms. The number of nitrogens with one attached hydrogen (secondary N) is 1.